The largest absolute Gasteiger partial charge is 0.494 e. The van der Waals surface area contributed by atoms with Gasteiger partial charge in [0.2, 0.25) is 0 Å². The van der Waals surface area contributed by atoms with Gasteiger partial charge in [0.15, 0.2) is 0 Å². The van der Waals surface area contributed by atoms with E-state index in [1.54, 1.807) is 12.3 Å². The molecule has 1 heterocycles. The second-order valence-corrected chi connectivity index (χ2v) is 4.47. The van der Waals surface area contributed by atoms with Gasteiger partial charge in [-0.25, -0.2) is 0 Å². The predicted molar refractivity (Wildman–Crippen MR) is 75.1 cm³/mol. The first-order chi connectivity index (χ1) is 9.60. The molecule has 0 saturated carbocycles. The Kier molecular flexibility index (Phi) is 4.24. The molecule has 0 saturated heterocycles. The molecule has 0 aliphatic rings. The molecule has 1 atom stereocenters. The summed E-state index contributed by atoms with van der Waals surface area (Å²) in [5, 5.41) is 14.0. The van der Waals surface area contributed by atoms with Crippen molar-refractivity contribution in [3.05, 3.63) is 52.5 Å². The first kappa shape index (κ1) is 13.9. The average molecular weight is 276 g/mol. The maximum Gasteiger partial charge on any atom is 0.273 e. The molecule has 106 valence electrons. The van der Waals surface area contributed by atoms with E-state index in [1.165, 1.54) is 19.2 Å². The summed E-state index contributed by atoms with van der Waals surface area (Å²) in [6.07, 6.45) is 2.35. The highest BCUT2D eigenvalue weighted by atomic mass is 16.6. The molecule has 0 aliphatic carbocycles. The Morgan fingerprint density at radius 1 is 1.45 bits per heavy atom. The van der Waals surface area contributed by atoms with Crippen LogP contribution >= 0.6 is 0 Å². The molecule has 0 amide bonds. The fourth-order valence-electron chi connectivity index (χ4n) is 1.96. The quantitative estimate of drug-likeness (QED) is 0.647. The van der Waals surface area contributed by atoms with Gasteiger partial charge in [-0.1, -0.05) is 0 Å². The lowest BCUT2D eigenvalue weighted by atomic mass is 10.1. The maximum atomic E-state index is 10.7. The monoisotopic (exact) mass is 276 g/mol. The second kappa shape index (κ2) is 6.10. The summed E-state index contributed by atoms with van der Waals surface area (Å²) >= 11 is 0. The molecule has 1 N–H and O–H groups in total. The normalized spacial score (nSPS) is 11.9. The molecule has 2 rings (SSSR count). The van der Waals surface area contributed by atoms with Crippen LogP contribution in [0.5, 0.6) is 5.75 Å². The minimum atomic E-state index is -0.446. The Labute approximate surface area is 116 Å². The van der Waals surface area contributed by atoms with Crippen molar-refractivity contribution in [3.8, 4) is 5.75 Å². The summed E-state index contributed by atoms with van der Waals surface area (Å²) < 4.78 is 10.5. The van der Waals surface area contributed by atoms with Crippen molar-refractivity contribution in [2.75, 3.05) is 12.4 Å². The van der Waals surface area contributed by atoms with Crippen LogP contribution in [0.2, 0.25) is 0 Å². The SMILES string of the molecule is COc1cc([N+](=O)[O-])ccc1NC(C)Cc1ccco1. The first-order valence-electron chi connectivity index (χ1n) is 6.21. The number of rotatable bonds is 6. The molecular formula is C14H16N2O4. The third-order valence-electron chi connectivity index (χ3n) is 2.89. The highest BCUT2D eigenvalue weighted by molar-refractivity contribution is 5.61. The average Bonchev–Trinajstić information content (AvgIpc) is 2.91. The number of nitrogens with one attached hydrogen (secondary N) is 1. The lowest BCUT2D eigenvalue weighted by Gasteiger charge is -2.16. The predicted octanol–water partition coefficient (Wildman–Crippen LogP) is 3.24. The maximum absolute atomic E-state index is 10.7. The topological polar surface area (TPSA) is 77.5 Å². The van der Waals surface area contributed by atoms with Crippen molar-refractivity contribution >= 4 is 11.4 Å². The third kappa shape index (κ3) is 3.28. The Balaban J connectivity index is 2.10. The van der Waals surface area contributed by atoms with Crippen molar-refractivity contribution < 1.29 is 14.1 Å². The molecule has 2 aromatic rings. The van der Waals surface area contributed by atoms with E-state index in [2.05, 4.69) is 5.32 Å². The summed E-state index contributed by atoms with van der Waals surface area (Å²) in [6, 6.07) is 8.36. The number of benzene rings is 1. The van der Waals surface area contributed by atoms with E-state index in [0.29, 0.717) is 12.2 Å². The number of nitrogens with zero attached hydrogens (tertiary/aromatic N) is 1. The number of furan rings is 1. The van der Waals surface area contributed by atoms with Gasteiger partial charge in [-0.15, -0.1) is 0 Å². The lowest BCUT2D eigenvalue weighted by Crippen LogP contribution is -2.18. The van der Waals surface area contributed by atoms with Crippen LogP contribution in [0.3, 0.4) is 0 Å². The highest BCUT2D eigenvalue weighted by Crippen LogP contribution is 2.29. The lowest BCUT2D eigenvalue weighted by molar-refractivity contribution is -0.384. The Morgan fingerprint density at radius 2 is 2.25 bits per heavy atom. The number of ether oxygens (including phenoxy) is 1. The fraction of sp³-hybridized carbons (Fsp3) is 0.286. The molecule has 6 nitrogen and oxygen atoms in total. The molecule has 6 heteroatoms. The summed E-state index contributed by atoms with van der Waals surface area (Å²) in [5.41, 5.74) is 0.725. The van der Waals surface area contributed by atoms with Gasteiger partial charge in [-0.3, -0.25) is 10.1 Å². The van der Waals surface area contributed by atoms with Crippen LogP contribution in [0.4, 0.5) is 11.4 Å². The van der Waals surface area contributed by atoms with Crippen LogP contribution < -0.4 is 10.1 Å². The van der Waals surface area contributed by atoms with Crippen molar-refractivity contribution in [2.24, 2.45) is 0 Å². The van der Waals surface area contributed by atoms with Gasteiger partial charge >= 0.3 is 0 Å². The summed E-state index contributed by atoms with van der Waals surface area (Å²) in [5.74, 6) is 1.33. The first-order valence-corrected chi connectivity index (χ1v) is 6.21. The molecule has 1 unspecified atom stereocenters. The van der Waals surface area contributed by atoms with Crippen LogP contribution in [0.25, 0.3) is 0 Å². The van der Waals surface area contributed by atoms with Crippen LogP contribution in [0.1, 0.15) is 12.7 Å². The Morgan fingerprint density at radius 3 is 2.85 bits per heavy atom. The molecule has 1 aromatic carbocycles. The zero-order valence-electron chi connectivity index (χ0n) is 11.3. The number of nitro groups is 1. The van der Waals surface area contributed by atoms with Crippen LogP contribution in [-0.2, 0) is 6.42 Å². The minimum absolute atomic E-state index is 0.00564. The van der Waals surface area contributed by atoms with Crippen molar-refractivity contribution in [2.45, 2.75) is 19.4 Å². The van der Waals surface area contributed by atoms with Gasteiger partial charge in [0.05, 0.1) is 30.1 Å². The van der Waals surface area contributed by atoms with Gasteiger partial charge in [0, 0.05) is 18.5 Å². The van der Waals surface area contributed by atoms with E-state index in [9.17, 15) is 10.1 Å². The number of hydrogen-bond acceptors (Lipinski definition) is 5. The van der Waals surface area contributed by atoms with E-state index in [4.69, 9.17) is 9.15 Å². The van der Waals surface area contributed by atoms with E-state index < -0.39 is 4.92 Å². The molecule has 0 spiro atoms. The Hall–Kier alpha value is -2.50. The number of anilines is 1. The van der Waals surface area contributed by atoms with Crippen LogP contribution in [0.15, 0.2) is 41.0 Å². The molecule has 1 aromatic heterocycles. The van der Waals surface area contributed by atoms with E-state index in [-0.39, 0.29) is 11.7 Å². The molecule has 20 heavy (non-hydrogen) atoms. The number of nitro benzene ring substituents is 1. The fourth-order valence-corrected chi connectivity index (χ4v) is 1.96. The molecule has 0 aliphatic heterocycles. The third-order valence-corrected chi connectivity index (χ3v) is 2.89. The zero-order valence-corrected chi connectivity index (χ0v) is 11.3. The number of methoxy groups -OCH3 is 1. The molecule has 0 radical (unpaired) electrons. The van der Waals surface area contributed by atoms with E-state index in [0.717, 1.165) is 11.4 Å². The molecular weight excluding hydrogens is 260 g/mol. The molecule has 0 bridgehead atoms. The van der Waals surface area contributed by atoms with E-state index in [1.807, 2.05) is 19.1 Å². The molecule has 0 fully saturated rings. The number of non-ortho nitro benzene ring substituents is 1. The highest BCUT2D eigenvalue weighted by Gasteiger charge is 2.13. The van der Waals surface area contributed by atoms with E-state index >= 15 is 0 Å². The van der Waals surface area contributed by atoms with Crippen molar-refractivity contribution in [3.63, 3.8) is 0 Å². The number of hydrogen-bond donors (Lipinski definition) is 1. The van der Waals surface area contributed by atoms with Gasteiger partial charge in [0.25, 0.3) is 5.69 Å². The zero-order chi connectivity index (χ0) is 14.5. The Bertz CT molecular complexity index is 581. The smallest absolute Gasteiger partial charge is 0.273 e. The summed E-state index contributed by atoms with van der Waals surface area (Å²) in [6.45, 7) is 2.00. The van der Waals surface area contributed by atoms with Gasteiger partial charge < -0.3 is 14.5 Å². The van der Waals surface area contributed by atoms with Crippen molar-refractivity contribution in [1.82, 2.24) is 0 Å². The minimum Gasteiger partial charge on any atom is -0.494 e. The second-order valence-electron chi connectivity index (χ2n) is 4.47. The standard InChI is InChI=1S/C14H16N2O4/c1-10(8-12-4-3-7-20-12)15-13-6-5-11(16(17)18)9-14(13)19-2/h3-7,9-10,15H,8H2,1-2H3. The van der Waals surface area contributed by atoms with Crippen molar-refractivity contribution in [1.29, 1.82) is 0 Å². The van der Waals surface area contributed by atoms with Crippen LogP contribution in [0, 0.1) is 10.1 Å². The van der Waals surface area contributed by atoms with Crippen LogP contribution in [-0.4, -0.2) is 18.1 Å². The summed E-state index contributed by atoms with van der Waals surface area (Å²) in [7, 11) is 1.49. The van der Waals surface area contributed by atoms with Gasteiger partial charge in [-0.2, -0.15) is 0 Å². The van der Waals surface area contributed by atoms with Gasteiger partial charge in [-0.05, 0) is 25.1 Å². The van der Waals surface area contributed by atoms with Gasteiger partial charge in [0.1, 0.15) is 11.5 Å². The summed E-state index contributed by atoms with van der Waals surface area (Å²) in [4.78, 5) is 10.3.